The summed E-state index contributed by atoms with van der Waals surface area (Å²) in [7, 11) is 0. The second-order valence-corrected chi connectivity index (χ2v) is 1.10. The smallest absolute Gasteiger partial charge is 0.328 e. The van der Waals surface area contributed by atoms with Crippen LogP contribution in [-0.4, -0.2) is 33.7 Å². The number of aliphatic carboxylic acids is 2. The van der Waals surface area contributed by atoms with Crippen molar-refractivity contribution in [1.82, 2.24) is 0 Å². The minimum Gasteiger partial charge on any atom is -0.665 e. The summed E-state index contributed by atoms with van der Waals surface area (Å²) in [6.45, 7) is 0.500. The number of rotatable bonds is 2. The van der Waals surface area contributed by atoms with E-state index >= 15 is 0 Å². The van der Waals surface area contributed by atoms with Gasteiger partial charge in [0.25, 0.3) is 0 Å². The first-order valence-corrected chi connectivity index (χ1v) is 2.19. The van der Waals surface area contributed by atoms with Crippen molar-refractivity contribution in [2.75, 3.05) is 0 Å². The zero-order valence-corrected chi connectivity index (χ0v) is 8.14. The van der Waals surface area contributed by atoms with Crippen molar-refractivity contribution in [3.05, 3.63) is 12.2 Å². The number of carboxylic acids is 2. The predicted molar refractivity (Wildman–Crippen MR) is 32.7 cm³/mol. The van der Waals surface area contributed by atoms with E-state index in [1.807, 2.05) is 0 Å². The average molecular weight is 273 g/mol. The summed E-state index contributed by atoms with van der Waals surface area (Å²) in [4.78, 5) is 27.3. The molecule has 0 radical (unpaired) electrons. The molecule has 0 fully saturated rings. The fraction of sp³-hybridized carbons (Fsp3) is 0. The minimum absolute atomic E-state index is 0. The Kier molecular flexibility index (Phi) is 30.3. The summed E-state index contributed by atoms with van der Waals surface area (Å²) in [5.41, 5.74) is 0. The number of aliphatic hydroxyl groups excluding tert-OH is 1. The molecule has 3 N–H and O–H groups in total. The van der Waals surface area contributed by atoms with Gasteiger partial charge in [-0.2, -0.15) is 0 Å². The number of hydrogen-bond acceptors (Lipinski definition) is 3. The van der Waals surface area contributed by atoms with Crippen LogP contribution in [0.2, 0.25) is 0 Å². The number of carbonyl (C=O) groups is 2. The third-order valence-corrected chi connectivity index (χ3v) is 0.368. The number of carboxylic acid groups (broad SMARTS) is 2. The molecule has 0 bridgehead atoms. The molecule has 8 heteroatoms. The van der Waals surface area contributed by atoms with Crippen LogP contribution in [0.5, 0.6) is 0 Å². The van der Waals surface area contributed by atoms with Crippen LogP contribution in [0.1, 0.15) is 0 Å². The van der Waals surface area contributed by atoms with E-state index in [1.54, 1.807) is 0 Å². The first-order valence-electron chi connectivity index (χ1n) is 2.19. The predicted octanol–water partition coefficient (Wildman–Crippen LogP) is -0.682. The Morgan fingerprint density at radius 1 is 1.00 bits per heavy atom. The van der Waals surface area contributed by atoms with Crippen LogP contribution >= 0.6 is 0 Å². The van der Waals surface area contributed by atoms with Crippen molar-refractivity contribution < 1.29 is 63.8 Å². The second kappa shape index (κ2) is 17.3. The van der Waals surface area contributed by atoms with Crippen LogP contribution in [0.15, 0.2) is 12.2 Å². The molecule has 0 aromatic heterocycles. The maximum atomic E-state index is 9.55. The van der Waals surface area contributed by atoms with Gasteiger partial charge in [-0.05, 0) is 0 Å². The molecule has 0 rings (SSSR count). The van der Waals surface area contributed by atoms with Crippen LogP contribution in [0.25, 0.3) is 0 Å². The molecule has 6 nitrogen and oxygen atoms in total. The van der Waals surface area contributed by atoms with Crippen molar-refractivity contribution >= 4 is 18.4 Å². The van der Waals surface area contributed by atoms with Gasteiger partial charge in [0, 0.05) is 46.3 Å². The van der Waals surface area contributed by atoms with E-state index in [4.69, 9.17) is 20.1 Å². The van der Waals surface area contributed by atoms with E-state index in [0.29, 0.717) is 18.6 Å². The van der Waals surface area contributed by atoms with Crippen molar-refractivity contribution in [1.29, 1.82) is 0 Å². The quantitative estimate of drug-likeness (QED) is 0.349. The van der Waals surface area contributed by atoms with Crippen LogP contribution in [-0.2, 0) is 48.5 Å². The molecule has 0 amide bonds. The molecule has 13 heavy (non-hydrogen) atoms. The first-order chi connectivity index (χ1) is 5.04. The summed E-state index contributed by atoms with van der Waals surface area (Å²) in [6, 6.07) is 0. The summed E-state index contributed by atoms with van der Waals surface area (Å²) in [5, 5.41) is 22.4. The van der Waals surface area contributed by atoms with E-state index < -0.39 is 11.9 Å². The Bertz CT molecular complexity index is 162. The maximum Gasteiger partial charge on any atom is 0.328 e. The fourth-order valence-electron chi connectivity index (χ4n) is 0.143. The van der Waals surface area contributed by atoms with Crippen molar-refractivity contribution in [3.63, 3.8) is 0 Å². The Morgan fingerprint density at radius 2 is 1.15 bits per heavy atom. The molecule has 0 heterocycles. The van der Waals surface area contributed by atoms with E-state index in [0.717, 1.165) is 0 Å². The summed E-state index contributed by atoms with van der Waals surface area (Å²) >= 11 is 0. The average Bonchev–Trinajstić information content (AvgIpc) is 1.85. The van der Waals surface area contributed by atoms with Gasteiger partial charge in [0.15, 0.2) is 0 Å². The summed E-state index contributed by atoms with van der Waals surface area (Å²) < 4.78 is 0. The van der Waals surface area contributed by atoms with Crippen LogP contribution in [0, 0.1) is 0 Å². The fourth-order valence-corrected chi connectivity index (χ4v) is 0.143. The molecule has 0 atom stereocenters. The van der Waals surface area contributed by atoms with Gasteiger partial charge in [-0.15, -0.1) is 0 Å². The third kappa shape index (κ3) is 53.8. The number of hydrogen-bond donors (Lipinski definition) is 3. The monoisotopic (exact) mass is 273 g/mol. The van der Waals surface area contributed by atoms with Gasteiger partial charge in [-0.1, -0.05) is 6.47 Å². The van der Waals surface area contributed by atoms with E-state index in [2.05, 4.69) is 0 Å². The molecule has 0 aromatic rings. The molecule has 78 valence electrons. The Balaban J connectivity index is -0.0000000720. The molecule has 0 saturated carbocycles. The first kappa shape index (κ1) is 22.8. The molecule has 0 aliphatic heterocycles. The third-order valence-electron chi connectivity index (χ3n) is 0.368. The zero-order chi connectivity index (χ0) is 9.28. The molecular formula is C5H5Fe2O6-. The summed E-state index contributed by atoms with van der Waals surface area (Å²) in [5.74, 6) is -2.51. The Morgan fingerprint density at radius 3 is 1.23 bits per heavy atom. The van der Waals surface area contributed by atoms with Crippen LogP contribution in [0.3, 0.4) is 0 Å². The van der Waals surface area contributed by atoms with Crippen molar-refractivity contribution in [2.24, 2.45) is 0 Å². The Hall–Kier alpha value is -0.811. The van der Waals surface area contributed by atoms with Gasteiger partial charge in [-0.25, -0.2) is 9.59 Å². The SMILES string of the molecule is O=C(O)/C=C/C(=O)O.O=[C-]O.[Fe].[Fe]. The normalized spacial score (nSPS) is 6.77. The van der Waals surface area contributed by atoms with Crippen LogP contribution in [0.4, 0.5) is 0 Å². The van der Waals surface area contributed by atoms with E-state index in [1.165, 1.54) is 0 Å². The molecule has 0 spiro atoms. The van der Waals surface area contributed by atoms with E-state index in [-0.39, 0.29) is 34.1 Å². The topological polar surface area (TPSA) is 112 Å². The van der Waals surface area contributed by atoms with Gasteiger partial charge in [0.2, 0.25) is 0 Å². The van der Waals surface area contributed by atoms with Gasteiger partial charge in [0.1, 0.15) is 0 Å². The van der Waals surface area contributed by atoms with Crippen molar-refractivity contribution in [2.45, 2.75) is 0 Å². The maximum absolute atomic E-state index is 9.55. The van der Waals surface area contributed by atoms with Gasteiger partial charge >= 0.3 is 11.9 Å². The zero-order valence-electron chi connectivity index (χ0n) is 5.93. The van der Waals surface area contributed by atoms with E-state index in [9.17, 15) is 9.59 Å². The molecule has 0 saturated heterocycles. The minimum atomic E-state index is -1.26. The van der Waals surface area contributed by atoms with Crippen molar-refractivity contribution in [3.8, 4) is 0 Å². The Labute approximate surface area is 94.6 Å². The molecule has 0 aliphatic carbocycles. The largest absolute Gasteiger partial charge is 0.665 e. The molecule has 0 unspecified atom stereocenters. The van der Waals surface area contributed by atoms with Gasteiger partial charge in [-0.3, -0.25) is 0 Å². The second-order valence-electron chi connectivity index (χ2n) is 1.10. The molecular weight excluding hydrogens is 268 g/mol. The standard InChI is InChI=1S/C4H4O4.CHO2.2Fe/c5-3(6)1-2-4(7)8;2-1-3;;/h1-2H,(H,5,6)(H,7,8);(H,2,3);;/q;-1;;/b2-1+;;;. The van der Waals surface area contributed by atoms with Crippen LogP contribution < -0.4 is 0 Å². The van der Waals surface area contributed by atoms with Gasteiger partial charge < -0.3 is 20.1 Å². The molecule has 0 aliphatic rings. The van der Waals surface area contributed by atoms with Gasteiger partial charge in [0.05, 0.1) is 0 Å². The summed E-state index contributed by atoms with van der Waals surface area (Å²) in [6.07, 6.45) is 1.12. The molecule has 0 aromatic carbocycles.